The van der Waals surface area contributed by atoms with E-state index in [-0.39, 0.29) is 41.1 Å². The summed E-state index contributed by atoms with van der Waals surface area (Å²) in [7, 11) is 0. The number of likely N-dealkylation sites (tertiary alicyclic amines) is 1. The number of ether oxygens (including phenoxy) is 1. The number of halogens is 1. The molecule has 1 spiro atoms. The number of aliphatic hydroxyl groups excluding tert-OH is 1. The summed E-state index contributed by atoms with van der Waals surface area (Å²) < 4.78 is 4.69. The standard InChI is InChI=1S/C23H35BrN2O5S/c1-6-10-26(22(3,4)5)20(29)18-23-13-14(24)17(32-23)15(21(30)31-7-2)16(23)19(28)25(18)11-8-9-12-27/h6,14-18,27H,1,7-13H2,2-5H3/t14?,15-,16-,17-,18?,23?/m0/s1. The van der Waals surface area contributed by atoms with Crippen LogP contribution in [0.25, 0.3) is 0 Å². The highest BCUT2D eigenvalue weighted by atomic mass is 79.9. The second-order valence-corrected chi connectivity index (χ2v) is 12.5. The zero-order valence-corrected chi connectivity index (χ0v) is 21.8. The van der Waals surface area contributed by atoms with Gasteiger partial charge in [-0.3, -0.25) is 14.4 Å². The highest BCUT2D eigenvalue weighted by Crippen LogP contribution is 2.68. The van der Waals surface area contributed by atoms with Crippen LogP contribution in [-0.4, -0.2) is 85.4 Å². The van der Waals surface area contributed by atoms with E-state index < -0.39 is 28.2 Å². The van der Waals surface area contributed by atoms with Crippen molar-refractivity contribution in [2.45, 2.75) is 73.4 Å². The molecule has 0 aromatic carbocycles. The van der Waals surface area contributed by atoms with Crippen molar-refractivity contribution < 1.29 is 24.2 Å². The fraction of sp³-hybridized carbons (Fsp3) is 0.783. The first kappa shape index (κ1) is 25.6. The molecule has 7 nitrogen and oxygen atoms in total. The molecule has 0 aliphatic carbocycles. The van der Waals surface area contributed by atoms with Crippen molar-refractivity contribution in [1.29, 1.82) is 0 Å². The Morgan fingerprint density at radius 2 is 2.09 bits per heavy atom. The van der Waals surface area contributed by atoms with Crippen molar-refractivity contribution in [3.8, 4) is 0 Å². The molecule has 3 heterocycles. The maximum Gasteiger partial charge on any atom is 0.310 e. The zero-order chi connectivity index (χ0) is 23.8. The summed E-state index contributed by atoms with van der Waals surface area (Å²) in [5.41, 5.74) is -0.449. The molecule has 3 fully saturated rings. The Hall–Kier alpha value is -1.06. The lowest BCUT2D eigenvalue weighted by molar-refractivity contribution is -0.153. The molecule has 32 heavy (non-hydrogen) atoms. The minimum Gasteiger partial charge on any atom is -0.466 e. The number of aliphatic hydroxyl groups is 1. The number of alkyl halides is 1. The van der Waals surface area contributed by atoms with E-state index in [1.807, 2.05) is 20.8 Å². The summed E-state index contributed by atoms with van der Waals surface area (Å²) in [4.78, 5) is 44.3. The van der Waals surface area contributed by atoms with Crippen molar-refractivity contribution in [3.05, 3.63) is 12.7 Å². The summed E-state index contributed by atoms with van der Waals surface area (Å²) in [6, 6.07) is -0.660. The molecular weight excluding hydrogens is 496 g/mol. The largest absolute Gasteiger partial charge is 0.466 e. The summed E-state index contributed by atoms with van der Waals surface area (Å²) in [5.74, 6) is -1.72. The van der Waals surface area contributed by atoms with Gasteiger partial charge in [-0.2, -0.15) is 0 Å². The van der Waals surface area contributed by atoms with Crippen molar-refractivity contribution in [2.75, 3.05) is 26.3 Å². The smallest absolute Gasteiger partial charge is 0.310 e. The van der Waals surface area contributed by atoms with Gasteiger partial charge in [0.05, 0.1) is 23.2 Å². The third-order valence-electron chi connectivity index (χ3n) is 6.78. The van der Waals surface area contributed by atoms with Crippen molar-refractivity contribution >= 4 is 45.5 Å². The minimum atomic E-state index is -0.672. The third kappa shape index (κ3) is 4.13. The Kier molecular flexibility index (Phi) is 7.72. The molecule has 3 aliphatic heterocycles. The van der Waals surface area contributed by atoms with Crippen LogP contribution in [0.4, 0.5) is 0 Å². The molecule has 0 radical (unpaired) electrons. The average Bonchev–Trinajstić information content (AvgIpc) is 3.29. The monoisotopic (exact) mass is 530 g/mol. The maximum absolute atomic E-state index is 14.1. The molecule has 3 aliphatic rings. The number of carbonyl (C=O) groups is 3. The van der Waals surface area contributed by atoms with E-state index in [1.54, 1.807) is 34.6 Å². The lowest BCUT2D eigenvalue weighted by atomic mass is 9.71. The quantitative estimate of drug-likeness (QED) is 0.213. The molecule has 1 N–H and O–H groups in total. The van der Waals surface area contributed by atoms with Gasteiger partial charge in [0, 0.05) is 35.3 Å². The van der Waals surface area contributed by atoms with Gasteiger partial charge in [0.25, 0.3) is 0 Å². The number of unbranched alkanes of at least 4 members (excludes halogenated alkanes) is 1. The van der Waals surface area contributed by atoms with Crippen molar-refractivity contribution in [3.63, 3.8) is 0 Å². The van der Waals surface area contributed by atoms with Gasteiger partial charge in [-0.25, -0.2) is 0 Å². The van der Waals surface area contributed by atoms with Crippen LogP contribution in [-0.2, 0) is 19.1 Å². The Balaban J connectivity index is 2.06. The number of thioether (sulfide) groups is 1. The number of hydrogen-bond donors (Lipinski definition) is 1. The maximum atomic E-state index is 14.1. The van der Waals surface area contributed by atoms with Crippen molar-refractivity contribution in [2.24, 2.45) is 11.8 Å². The summed E-state index contributed by atoms with van der Waals surface area (Å²) in [6.07, 6.45) is 3.50. The van der Waals surface area contributed by atoms with Crippen LogP contribution in [0.5, 0.6) is 0 Å². The number of rotatable bonds is 9. The lowest BCUT2D eigenvalue weighted by Gasteiger charge is -2.42. The first-order valence-corrected chi connectivity index (χ1v) is 13.2. The number of esters is 1. The number of hydrogen-bond acceptors (Lipinski definition) is 6. The van der Waals surface area contributed by atoms with Gasteiger partial charge in [0.2, 0.25) is 11.8 Å². The molecule has 6 atom stereocenters. The van der Waals surface area contributed by atoms with Crippen LogP contribution in [0.2, 0.25) is 0 Å². The third-order valence-corrected chi connectivity index (χ3v) is 10.00. The number of nitrogens with zero attached hydrogens (tertiary/aromatic N) is 2. The first-order valence-electron chi connectivity index (χ1n) is 11.4. The molecule has 3 saturated heterocycles. The SMILES string of the molecule is C=CCN(C(=O)C1N(CCCCO)C(=O)[C@@H]2[C@H](C(=O)OCC)[C@H]3SC12CC3Br)C(C)(C)C. The van der Waals surface area contributed by atoms with E-state index in [2.05, 4.69) is 22.5 Å². The molecule has 0 aromatic rings. The summed E-state index contributed by atoms with van der Waals surface area (Å²) in [5, 5.41) is 9.16. The molecular formula is C23H35BrN2O5S. The molecule has 0 saturated carbocycles. The van der Waals surface area contributed by atoms with E-state index in [4.69, 9.17) is 4.74 Å². The van der Waals surface area contributed by atoms with Gasteiger partial charge in [-0.15, -0.1) is 18.3 Å². The lowest BCUT2D eigenvalue weighted by Crippen LogP contribution is -2.59. The summed E-state index contributed by atoms with van der Waals surface area (Å²) >= 11 is 5.36. The predicted molar refractivity (Wildman–Crippen MR) is 129 cm³/mol. The van der Waals surface area contributed by atoms with Gasteiger partial charge >= 0.3 is 5.97 Å². The van der Waals surface area contributed by atoms with Gasteiger partial charge < -0.3 is 19.6 Å². The van der Waals surface area contributed by atoms with Crippen LogP contribution in [0.3, 0.4) is 0 Å². The van der Waals surface area contributed by atoms with E-state index in [1.165, 1.54) is 0 Å². The fourth-order valence-electron chi connectivity index (χ4n) is 5.52. The molecule has 2 bridgehead atoms. The number of amides is 2. The highest BCUT2D eigenvalue weighted by molar-refractivity contribution is 9.09. The normalized spacial score (nSPS) is 33.4. The predicted octanol–water partition coefficient (Wildman–Crippen LogP) is 2.60. The summed E-state index contributed by atoms with van der Waals surface area (Å²) in [6.45, 7) is 12.6. The van der Waals surface area contributed by atoms with Crippen LogP contribution in [0.15, 0.2) is 12.7 Å². The Morgan fingerprint density at radius 3 is 2.66 bits per heavy atom. The molecule has 0 aromatic heterocycles. The molecule has 9 heteroatoms. The molecule has 180 valence electrons. The minimum absolute atomic E-state index is 0.0288. The van der Waals surface area contributed by atoms with Gasteiger partial charge in [-0.1, -0.05) is 22.0 Å². The second kappa shape index (κ2) is 9.66. The van der Waals surface area contributed by atoms with Crippen LogP contribution in [0, 0.1) is 11.8 Å². The van der Waals surface area contributed by atoms with Gasteiger partial charge in [-0.05, 0) is 47.0 Å². The Bertz CT molecular complexity index is 772. The van der Waals surface area contributed by atoms with E-state index in [0.717, 1.165) is 0 Å². The molecule has 3 unspecified atom stereocenters. The first-order chi connectivity index (χ1) is 15.0. The number of fused-ring (bicyclic) bond motifs is 1. The molecule has 3 rings (SSSR count). The molecule has 2 amide bonds. The van der Waals surface area contributed by atoms with E-state index in [9.17, 15) is 19.5 Å². The Labute approximate surface area is 203 Å². The fourth-order valence-corrected chi connectivity index (χ4v) is 9.12. The number of carbonyl (C=O) groups excluding carboxylic acids is 3. The van der Waals surface area contributed by atoms with Gasteiger partial charge in [0.1, 0.15) is 6.04 Å². The van der Waals surface area contributed by atoms with Crippen molar-refractivity contribution in [1.82, 2.24) is 9.80 Å². The van der Waals surface area contributed by atoms with E-state index >= 15 is 0 Å². The van der Waals surface area contributed by atoms with E-state index in [0.29, 0.717) is 32.4 Å². The Morgan fingerprint density at radius 1 is 1.41 bits per heavy atom. The average molecular weight is 532 g/mol. The van der Waals surface area contributed by atoms with Gasteiger partial charge in [0.15, 0.2) is 0 Å². The second-order valence-electron chi connectivity index (χ2n) is 9.79. The van der Waals surface area contributed by atoms with Crippen LogP contribution >= 0.6 is 27.7 Å². The zero-order valence-electron chi connectivity index (χ0n) is 19.4. The van der Waals surface area contributed by atoms with Crippen LogP contribution < -0.4 is 0 Å². The highest BCUT2D eigenvalue weighted by Gasteiger charge is 2.76. The topological polar surface area (TPSA) is 87.2 Å². The van der Waals surface area contributed by atoms with Crippen LogP contribution in [0.1, 0.15) is 47.0 Å².